The number of rotatable bonds is 7. The Hall–Kier alpha value is -3.71. The van der Waals surface area contributed by atoms with Crippen molar-refractivity contribution >= 4 is 28.2 Å². The van der Waals surface area contributed by atoms with E-state index >= 15 is 0 Å². The first-order chi connectivity index (χ1) is 15.9. The predicted molar refractivity (Wildman–Crippen MR) is 133 cm³/mol. The molecule has 0 saturated heterocycles. The van der Waals surface area contributed by atoms with Gasteiger partial charge in [0.15, 0.2) is 5.01 Å². The molecule has 0 spiro atoms. The first-order valence-electron chi connectivity index (χ1n) is 10.7. The number of ether oxygens (including phenoxy) is 1. The summed E-state index contributed by atoms with van der Waals surface area (Å²) in [6, 6.07) is 25.8. The van der Waals surface area contributed by atoms with Gasteiger partial charge in [0.25, 0.3) is 0 Å². The van der Waals surface area contributed by atoms with Gasteiger partial charge in [-0.2, -0.15) is 0 Å². The molecule has 0 aliphatic heterocycles. The lowest BCUT2D eigenvalue weighted by Gasteiger charge is -2.26. The number of carbonyl (C=O) groups excluding carboxylic acids is 1. The van der Waals surface area contributed by atoms with Crippen LogP contribution in [0.1, 0.15) is 35.5 Å². The molecule has 0 unspecified atom stereocenters. The molecule has 1 heterocycles. The van der Waals surface area contributed by atoms with E-state index in [0.717, 1.165) is 11.3 Å². The number of benzene rings is 3. The maximum absolute atomic E-state index is 12.2. The van der Waals surface area contributed by atoms with E-state index in [9.17, 15) is 4.79 Å². The standard InChI is InChI=1S/C26H26N4O2S/c1-18-9-13-21(14-10-18)27-24(31)28-25-30-29-23(33-25)17-32-22-15-11-20(12-16-22)26(2,3)19-7-5-4-6-8-19/h4-16H,17H2,1-3H3,(H2,27,28,30,31). The van der Waals surface area contributed by atoms with Crippen molar-refractivity contribution in [2.75, 3.05) is 10.6 Å². The highest BCUT2D eigenvalue weighted by Crippen LogP contribution is 2.32. The Labute approximate surface area is 197 Å². The van der Waals surface area contributed by atoms with Gasteiger partial charge in [0.1, 0.15) is 12.4 Å². The van der Waals surface area contributed by atoms with Crippen LogP contribution in [0.25, 0.3) is 0 Å². The molecule has 0 aliphatic carbocycles. The second-order valence-corrected chi connectivity index (χ2v) is 9.31. The number of aryl methyl sites for hydroxylation is 1. The van der Waals surface area contributed by atoms with E-state index in [4.69, 9.17) is 4.74 Å². The number of amides is 2. The van der Waals surface area contributed by atoms with E-state index in [2.05, 4.69) is 71.1 Å². The molecule has 0 fully saturated rings. The molecule has 168 valence electrons. The van der Waals surface area contributed by atoms with E-state index in [1.807, 2.05) is 49.4 Å². The Morgan fingerprint density at radius 3 is 2.24 bits per heavy atom. The molecule has 4 aromatic rings. The van der Waals surface area contributed by atoms with Crippen molar-refractivity contribution in [3.8, 4) is 5.75 Å². The largest absolute Gasteiger partial charge is 0.486 e. The number of nitrogens with one attached hydrogen (secondary N) is 2. The number of anilines is 2. The van der Waals surface area contributed by atoms with Gasteiger partial charge in [-0.1, -0.05) is 85.3 Å². The summed E-state index contributed by atoms with van der Waals surface area (Å²) in [5, 5.41) is 14.7. The van der Waals surface area contributed by atoms with Crippen LogP contribution in [0.5, 0.6) is 5.75 Å². The summed E-state index contributed by atoms with van der Waals surface area (Å²) in [7, 11) is 0. The van der Waals surface area contributed by atoms with Gasteiger partial charge in [0.05, 0.1) is 0 Å². The SMILES string of the molecule is Cc1ccc(NC(=O)Nc2nnc(COc3ccc(C(C)(C)c4ccccc4)cc3)s2)cc1. The number of aromatic nitrogens is 2. The Morgan fingerprint density at radius 1 is 0.879 bits per heavy atom. The number of hydrogen-bond donors (Lipinski definition) is 2. The molecule has 2 amide bonds. The molecule has 3 aromatic carbocycles. The van der Waals surface area contributed by atoms with E-state index in [0.29, 0.717) is 15.8 Å². The van der Waals surface area contributed by atoms with Crippen molar-refractivity contribution in [2.45, 2.75) is 32.8 Å². The normalized spacial score (nSPS) is 11.1. The van der Waals surface area contributed by atoms with Gasteiger partial charge >= 0.3 is 6.03 Å². The number of carbonyl (C=O) groups is 1. The van der Waals surface area contributed by atoms with Gasteiger partial charge in [-0.05, 0) is 42.3 Å². The summed E-state index contributed by atoms with van der Waals surface area (Å²) < 4.78 is 5.87. The topological polar surface area (TPSA) is 76.1 Å². The number of urea groups is 1. The summed E-state index contributed by atoms with van der Waals surface area (Å²) in [5.41, 5.74) is 4.22. The van der Waals surface area contributed by atoms with Crippen molar-refractivity contribution in [3.05, 3.63) is 101 Å². The summed E-state index contributed by atoms with van der Waals surface area (Å²) in [5.74, 6) is 0.754. The van der Waals surface area contributed by atoms with Gasteiger partial charge < -0.3 is 10.1 Å². The predicted octanol–water partition coefficient (Wildman–Crippen LogP) is 6.40. The molecule has 4 rings (SSSR count). The van der Waals surface area contributed by atoms with Crippen molar-refractivity contribution in [1.82, 2.24) is 10.2 Å². The zero-order valence-electron chi connectivity index (χ0n) is 18.8. The van der Waals surface area contributed by atoms with Gasteiger partial charge in [-0.3, -0.25) is 5.32 Å². The van der Waals surface area contributed by atoms with Crippen molar-refractivity contribution < 1.29 is 9.53 Å². The molecule has 1 aromatic heterocycles. The van der Waals surface area contributed by atoms with Crippen LogP contribution in [0.3, 0.4) is 0 Å². The van der Waals surface area contributed by atoms with Gasteiger partial charge in [-0.25, -0.2) is 4.79 Å². The average Bonchev–Trinajstić information content (AvgIpc) is 3.27. The van der Waals surface area contributed by atoms with E-state index in [1.165, 1.54) is 22.5 Å². The fourth-order valence-electron chi connectivity index (χ4n) is 3.39. The quantitative estimate of drug-likeness (QED) is 0.336. The summed E-state index contributed by atoms with van der Waals surface area (Å²) in [4.78, 5) is 12.2. The smallest absolute Gasteiger partial charge is 0.325 e. The molecule has 7 heteroatoms. The fraction of sp³-hybridized carbons (Fsp3) is 0.192. The first-order valence-corrected chi connectivity index (χ1v) is 11.5. The van der Waals surface area contributed by atoms with E-state index < -0.39 is 0 Å². The third-order valence-electron chi connectivity index (χ3n) is 5.43. The summed E-state index contributed by atoms with van der Waals surface area (Å²) in [6.45, 7) is 6.70. The van der Waals surface area contributed by atoms with Crippen LogP contribution in [0.15, 0.2) is 78.9 Å². The Morgan fingerprint density at radius 2 is 1.55 bits per heavy atom. The highest BCUT2D eigenvalue weighted by Gasteiger charge is 2.22. The van der Waals surface area contributed by atoms with Crippen LogP contribution in [-0.2, 0) is 12.0 Å². The third kappa shape index (κ3) is 5.75. The minimum absolute atomic E-state index is 0.0985. The van der Waals surface area contributed by atoms with Crippen LogP contribution < -0.4 is 15.4 Å². The highest BCUT2D eigenvalue weighted by atomic mass is 32.1. The van der Waals surface area contributed by atoms with Gasteiger partial charge in [0, 0.05) is 11.1 Å². The maximum atomic E-state index is 12.2. The lowest BCUT2D eigenvalue weighted by Crippen LogP contribution is -2.19. The van der Waals surface area contributed by atoms with Crippen LogP contribution in [0.4, 0.5) is 15.6 Å². The van der Waals surface area contributed by atoms with Crippen LogP contribution in [0.2, 0.25) is 0 Å². The van der Waals surface area contributed by atoms with Crippen LogP contribution in [0, 0.1) is 6.92 Å². The number of nitrogens with zero attached hydrogens (tertiary/aromatic N) is 2. The second kappa shape index (κ2) is 9.83. The molecule has 0 radical (unpaired) electrons. The highest BCUT2D eigenvalue weighted by molar-refractivity contribution is 7.15. The monoisotopic (exact) mass is 458 g/mol. The third-order valence-corrected chi connectivity index (χ3v) is 6.24. The Bertz CT molecular complexity index is 1200. The fourth-order valence-corrected chi connectivity index (χ4v) is 4.04. The molecule has 0 saturated carbocycles. The average molecular weight is 459 g/mol. The summed E-state index contributed by atoms with van der Waals surface area (Å²) in [6.07, 6.45) is 0. The minimum atomic E-state index is -0.362. The molecule has 0 atom stereocenters. The molecular formula is C26H26N4O2S. The lowest BCUT2D eigenvalue weighted by molar-refractivity contribution is 0.262. The lowest BCUT2D eigenvalue weighted by atomic mass is 9.78. The van der Waals surface area contributed by atoms with Crippen molar-refractivity contribution in [3.63, 3.8) is 0 Å². The molecule has 2 N–H and O–H groups in total. The zero-order valence-corrected chi connectivity index (χ0v) is 19.6. The zero-order chi connectivity index (χ0) is 23.3. The second-order valence-electron chi connectivity index (χ2n) is 8.25. The minimum Gasteiger partial charge on any atom is -0.486 e. The molecular weight excluding hydrogens is 432 g/mol. The van der Waals surface area contributed by atoms with E-state index in [1.54, 1.807) is 0 Å². The maximum Gasteiger partial charge on any atom is 0.325 e. The molecule has 33 heavy (non-hydrogen) atoms. The van der Waals surface area contributed by atoms with Crippen LogP contribution in [-0.4, -0.2) is 16.2 Å². The van der Waals surface area contributed by atoms with Crippen molar-refractivity contribution in [2.24, 2.45) is 0 Å². The van der Waals surface area contributed by atoms with Crippen LogP contribution >= 0.6 is 11.3 Å². The molecule has 6 nitrogen and oxygen atoms in total. The molecule has 0 aliphatic rings. The van der Waals surface area contributed by atoms with Gasteiger partial charge in [-0.15, -0.1) is 10.2 Å². The molecule has 0 bridgehead atoms. The first kappa shape index (κ1) is 22.5. The van der Waals surface area contributed by atoms with E-state index in [-0.39, 0.29) is 18.1 Å². The van der Waals surface area contributed by atoms with Crippen molar-refractivity contribution in [1.29, 1.82) is 0 Å². The summed E-state index contributed by atoms with van der Waals surface area (Å²) >= 11 is 1.28. The Balaban J connectivity index is 1.31. The van der Waals surface area contributed by atoms with Gasteiger partial charge in [0.2, 0.25) is 5.13 Å². The number of hydrogen-bond acceptors (Lipinski definition) is 5. The Kier molecular flexibility index (Phi) is 6.70.